The summed E-state index contributed by atoms with van der Waals surface area (Å²) >= 11 is 5.49. The van der Waals surface area contributed by atoms with Gasteiger partial charge < -0.3 is 25.7 Å². The summed E-state index contributed by atoms with van der Waals surface area (Å²) in [5.74, 6) is -0.495. The highest BCUT2D eigenvalue weighted by Gasteiger charge is 2.54. The van der Waals surface area contributed by atoms with E-state index in [-0.39, 0.29) is 24.4 Å². The van der Waals surface area contributed by atoms with Gasteiger partial charge in [0.15, 0.2) is 5.11 Å². The standard InChI is InChI=1S/C18H23N3O3S/c1-9-2-6-11(7-3-9)21-15-12(17(24)19-10-4-5-10)8-13(22)16(23)14(15)20-18(21)25/h2-3,6-7,10,12-16,22-23H,4-5,8H2,1H3,(H,19,24)(H,20,25)/t12-,13-,14-,15+,16+/m1/s1. The number of hydrogen-bond donors (Lipinski definition) is 4. The fraction of sp³-hybridized carbons (Fsp3) is 0.556. The van der Waals surface area contributed by atoms with Gasteiger partial charge >= 0.3 is 0 Å². The highest BCUT2D eigenvalue weighted by Crippen LogP contribution is 2.37. The van der Waals surface area contributed by atoms with E-state index in [2.05, 4.69) is 10.6 Å². The van der Waals surface area contributed by atoms with Crippen molar-refractivity contribution in [3.05, 3.63) is 29.8 Å². The zero-order valence-corrected chi connectivity index (χ0v) is 14.9. The molecule has 0 spiro atoms. The third-order valence-electron chi connectivity index (χ3n) is 5.42. The molecule has 2 saturated carbocycles. The molecule has 5 atom stereocenters. The predicted molar refractivity (Wildman–Crippen MR) is 98.3 cm³/mol. The van der Waals surface area contributed by atoms with E-state index in [0.717, 1.165) is 24.1 Å². The molecule has 6 nitrogen and oxygen atoms in total. The van der Waals surface area contributed by atoms with E-state index >= 15 is 0 Å². The number of amides is 1. The van der Waals surface area contributed by atoms with E-state index in [4.69, 9.17) is 12.2 Å². The molecule has 0 bridgehead atoms. The first-order chi connectivity index (χ1) is 12.0. The lowest BCUT2D eigenvalue weighted by molar-refractivity contribution is -0.131. The smallest absolute Gasteiger partial charge is 0.225 e. The van der Waals surface area contributed by atoms with Crippen LogP contribution in [0.3, 0.4) is 0 Å². The summed E-state index contributed by atoms with van der Waals surface area (Å²) in [5, 5.41) is 27.3. The average Bonchev–Trinajstić information content (AvgIpc) is 3.32. The minimum Gasteiger partial charge on any atom is -0.390 e. The fourth-order valence-electron chi connectivity index (χ4n) is 3.88. The maximum absolute atomic E-state index is 12.8. The third-order valence-corrected chi connectivity index (χ3v) is 5.73. The Kier molecular flexibility index (Phi) is 4.17. The maximum atomic E-state index is 12.8. The van der Waals surface area contributed by atoms with E-state index in [0.29, 0.717) is 5.11 Å². The van der Waals surface area contributed by atoms with Gasteiger partial charge in [-0.1, -0.05) is 17.7 Å². The molecule has 0 aromatic heterocycles. The summed E-state index contributed by atoms with van der Waals surface area (Å²) in [5.41, 5.74) is 2.03. The first-order valence-corrected chi connectivity index (χ1v) is 9.19. The number of fused-ring (bicyclic) bond motifs is 1. The van der Waals surface area contributed by atoms with E-state index < -0.39 is 24.2 Å². The number of carbonyl (C=O) groups excluding carboxylic acids is 1. The van der Waals surface area contributed by atoms with Crippen LogP contribution in [0.4, 0.5) is 5.69 Å². The van der Waals surface area contributed by atoms with Crippen LogP contribution >= 0.6 is 12.2 Å². The molecule has 3 aliphatic rings. The van der Waals surface area contributed by atoms with Crippen LogP contribution in [0.15, 0.2) is 24.3 Å². The Balaban J connectivity index is 1.68. The monoisotopic (exact) mass is 361 g/mol. The molecule has 2 aliphatic carbocycles. The number of aryl methyl sites for hydroxylation is 1. The Labute approximate surface area is 152 Å². The van der Waals surface area contributed by atoms with Gasteiger partial charge in [0.2, 0.25) is 5.91 Å². The van der Waals surface area contributed by atoms with Crippen molar-refractivity contribution in [1.29, 1.82) is 0 Å². The van der Waals surface area contributed by atoms with Crippen LogP contribution in [-0.4, -0.2) is 51.6 Å². The molecule has 4 N–H and O–H groups in total. The number of nitrogens with one attached hydrogen (secondary N) is 2. The second-order valence-corrected chi connectivity index (χ2v) is 7.74. The van der Waals surface area contributed by atoms with E-state index in [1.165, 1.54) is 0 Å². The summed E-state index contributed by atoms with van der Waals surface area (Å²) in [4.78, 5) is 14.7. The lowest BCUT2D eigenvalue weighted by Gasteiger charge is -2.41. The van der Waals surface area contributed by atoms with Gasteiger partial charge in [0.05, 0.1) is 24.1 Å². The van der Waals surface area contributed by atoms with Gasteiger partial charge in [-0.05, 0) is 50.5 Å². The van der Waals surface area contributed by atoms with Crippen LogP contribution in [0.25, 0.3) is 0 Å². The minimum atomic E-state index is -0.955. The van der Waals surface area contributed by atoms with E-state index in [9.17, 15) is 15.0 Å². The molecule has 1 aromatic carbocycles. The van der Waals surface area contributed by atoms with Crippen LogP contribution < -0.4 is 15.5 Å². The van der Waals surface area contributed by atoms with Gasteiger partial charge in [-0.2, -0.15) is 0 Å². The van der Waals surface area contributed by atoms with Gasteiger partial charge in [0.25, 0.3) is 0 Å². The Bertz CT molecular complexity index is 691. The molecule has 25 heavy (non-hydrogen) atoms. The van der Waals surface area contributed by atoms with Gasteiger partial charge in [-0.25, -0.2) is 0 Å². The number of benzene rings is 1. The number of nitrogens with zero attached hydrogens (tertiary/aromatic N) is 1. The molecule has 1 saturated heterocycles. The minimum absolute atomic E-state index is 0.0629. The normalized spacial score (nSPS) is 34.4. The molecule has 1 amide bonds. The van der Waals surface area contributed by atoms with Crippen LogP contribution in [0.1, 0.15) is 24.8 Å². The summed E-state index contributed by atoms with van der Waals surface area (Å²) in [6.07, 6.45) is 0.354. The van der Waals surface area contributed by atoms with Gasteiger partial charge in [0, 0.05) is 11.7 Å². The van der Waals surface area contributed by atoms with Crippen LogP contribution in [0, 0.1) is 12.8 Å². The van der Waals surface area contributed by atoms with E-state index in [1.54, 1.807) is 0 Å². The Morgan fingerprint density at radius 2 is 1.96 bits per heavy atom. The van der Waals surface area contributed by atoms with E-state index in [1.807, 2.05) is 36.1 Å². The Hall–Kier alpha value is -1.70. The van der Waals surface area contributed by atoms with Crippen molar-refractivity contribution in [3.63, 3.8) is 0 Å². The first kappa shape index (κ1) is 16.8. The summed E-state index contributed by atoms with van der Waals surface area (Å²) in [7, 11) is 0. The van der Waals surface area contributed by atoms with Crippen molar-refractivity contribution >= 4 is 28.9 Å². The quantitative estimate of drug-likeness (QED) is 0.585. The number of aliphatic hydroxyl groups excluding tert-OH is 2. The molecule has 3 fully saturated rings. The van der Waals surface area contributed by atoms with Crippen LogP contribution in [0.2, 0.25) is 0 Å². The Morgan fingerprint density at radius 3 is 2.60 bits per heavy atom. The number of rotatable bonds is 3. The molecule has 134 valence electrons. The van der Waals surface area contributed by atoms with Crippen molar-refractivity contribution in [3.8, 4) is 0 Å². The third kappa shape index (κ3) is 3.01. The highest BCUT2D eigenvalue weighted by atomic mass is 32.1. The predicted octanol–water partition coefficient (Wildman–Crippen LogP) is 0.447. The molecule has 1 aromatic rings. The van der Waals surface area contributed by atoms with Gasteiger partial charge in [-0.15, -0.1) is 0 Å². The molecule has 0 radical (unpaired) electrons. The van der Waals surface area contributed by atoms with Crippen molar-refractivity contribution in [2.75, 3.05) is 4.90 Å². The first-order valence-electron chi connectivity index (χ1n) is 8.78. The molecular formula is C18H23N3O3S. The van der Waals surface area contributed by atoms with Crippen molar-refractivity contribution < 1.29 is 15.0 Å². The van der Waals surface area contributed by atoms with Crippen LogP contribution in [-0.2, 0) is 4.79 Å². The Morgan fingerprint density at radius 1 is 1.28 bits per heavy atom. The summed E-state index contributed by atoms with van der Waals surface area (Å²) in [6.45, 7) is 2.01. The van der Waals surface area contributed by atoms with Crippen molar-refractivity contribution in [1.82, 2.24) is 10.6 Å². The SMILES string of the molecule is Cc1ccc(N2C(=S)N[C@H]3[C@@H](O)[C@H](O)C[C@@H](C(=O)NC4CC4)[C@@H]32)cc1. The second kappa shape index (κ2) is 6.23. The molecule has 4 rings (SSSR count). The summed E-state index contributed by atoms with van der Waals surface area (Å²) in [6, 6.07) is 7.42. The van der Waals surface area contributed by atoms with Gasteiger partial charge in [0.1, 0.15) is 6.10 Å². The lowest BCUT2D eigenvalue weighted by atomic mass is 9.77. The lowest BCUT2D eigenvalue weighted by Crippen LogP contribution is -2.61. The number of carbonyl (C=O) groups is 1. The number of anilines is 1. The second-order valence-electron chi connectivity index (χ2n) is 7.35. The highest BCUT2D eigenvalue weighted by molar-refractivity contribution is 7.80. The largest absolute Gasteiger partial charge is 0.390 e. The van der Waals surface area contributed by atoms with Gasteiger partial charge in [-0.3, -0.25) is 4.79 Å². The summed E-state index contributed by atoms with van der Waals surface area (Å²) < 4.78 is 0. The molecule has 0 unspecified atom stereocenters. The zero-order valence-electron chi connectivity index (χ0n) is 14.1. The molecule has 7 heteroatoms. The number of hydrogen-bond acceptors (Lipinski definition) is 4. The number of thiocarbonyl (C=S) groups is 1. The average molecular weight is 361 g/mol. The molecule has 1 aliphatic heterocycles. The maximum Gasteiger partial charge on any atom is 0.225 e. The molecular weight excluding hydrogens is 338 g/mol. The fourth-order valence-corrected chi connectivity index (χ4v) is 4.25. The van der Waals surface area contributed by atoms with Crippen LogP contribution in [0.5, 0.6) is 0 Å². The topological polar surface area (TPSA) is 84.8 Å². The van der Waals surface area contributed by atoms with Crippen molar-refractivity contribution in [2.24, 2.45) is 5.92 Å². The zero-order chi connectivity index (χ0) is 17.7. The molecule has 1 heterocycles. The number of aliphatic hydroxyl groups is 2. The van der Waals surface area contributed by atoms with Crippen molar-refractivity contribution in [2.45, 2.75) is 56.5 Å².